The summed E-state index contributed by atoms with van der Waals surface area (Å²) < 4.78 is 4.78. The van der Waals surface area contributed by atoms with E-state index in [1.165, 1.54) is 7.11 Å². The maximum atomic E-state index is 12.4. The fourth-order valence-corrected chi connectivity index (χ4v) is 3.52. The highest BCUT2D eigenvalue weighted by molar-refractivity contribution is 6.01. The lowest BCUT2D eigenvalue weighted by Gasteiger charge is -2.34. The number of carbonyl (C=O) groups excluding carboxylic acids is 2. The first-order chi connectivity index (χ1) is 9.55. The van der Waals surface area contributed by atoms with Crippen molar-refractivity contribution in [3.63, 3.8) is 0 Å². The lowest BCUT2D eigenvalue weighted by Crippen LogP contribution is -2.39. The Morgan fingerprint density at radius 2 is 2.00 bits per heavy atom. The molecule has 0 aromatic heterocycles. The van der Waals surface area contributed by atoms with Crippen molar-refractivity contribution in [2.24, 2.45) is 5.41 Å². The molecule has 1 fully saturated rings. The summed E-state index contributed by atoms with van der Waals surface area (Å²) in [5.74, 6) is -0.247. The van der Waals surface area contributed by atoms with E-state index in [9.17, 15) is 9.59 Å². The normalized spacial score (nSPS) is 19.6. The van der Waals surface area contributed by atoms with Gasteiger partial charge in [0.15, 0.2) is 0 Å². The third kappa shape index (κ3) is 1.90. The van der Waals surface area contributed by atoms with Gasteiger partial charge in [0.1, 0.15) is 0 Å². The van der Waals surface area contributed by atoms with Gasteiger partial charge in [0, 0.05) is 5.69 Å². The van der Waals surface area contributed by atoms with E-state index in [1.54, 1.807) is 6.07 Å². The van der Waals surface area contributed by atoms with Crippen LogP contribution in [0.1, 0.15) is 47.2 Å². The minimum atomic E-state index is -0.360. The van der Waals surface area contributed by atoms with E-state index >= 15 is 0 Å². The average molecular weight is 273 g/mol. The number of rotatable bonds is 1. The van der Waals surface area contributed by atoms with E-state index in [0.29, 0.717) is 5.56 Å². The quantitative estimate of drug-likeness (QED) is 0.800. The Labute approximate surface area is 118 Å². The maximum Gasteiger partial charge on any atom is 0.338 e. The summed E-state index contributed by atoms with van der Waals surface area (Å²) in [5, 5.41) is 2.99. The molecule has 0 unspecified atom stereocenters. The minimum Gasteiger partial charge on any atom is -0.465 e. The van der Waals surface area contributed by atoms with Crippen LogP contribution in [0.3, 0.4) is 0 Å². The minimum absolute atomic E-state index is 0.113. The van der Waals surface area contributed by atoms with E-state index in [2.05, 4.69) is 5.32 Å². The zero-order chi connectivity index (χ0) is 14.3. The molecule has 1 heterocycles. The molecule has 1 aliphatic carbocycles. The molecular formula is C16H19NO3. The van der Waals surface area contributed by atoms with Gasteiger partial charge < -0.3 is 10.1 Å². The Morgan fingerprint density at radius 3 is 2.65 bits per heavy atom. The summed E-state index contributed by atoms with van der Waals surface area (Å²) in [6, 6.07) is 3.76. The first kappa shape index (κ1) is 13.2. The SMILES string of the molecule is COC(=O)c1cc2c(cc1C)CC1(CCCC1)C(=O)N2. The summed E-state index contributed by atoms with van der Waals surface area (Å²) >= 11 is 0. The van der Waals surface area contributed by atoms with Crippen molar-refractivity contribution in [2.45, 2.75) is 39.0 Å². The van der Waals surface area contributed by atoms with Crippen LogP contribution < -0.4 is 5.32 Å². The highest BCUT2D eigenvalue weighted by Gasteiger charge is 2.44. The molecule has 106 valence electrons. The molecule has 3 rings (SSSR count). The van der Waals surface area contributed by atoms with Gasteiger partial charge in [-0.05, 0) is 43.4 Å². The summed E-state index contributed by atoms with van der Waals surface area (Å²) in [6.07, 6.45) is 4.98. The monoisotopic (exact) mass is 273 g/mol. The van der Waals surface area contributed by atoms with Crippen molar-refractivity contribution in [1.82, 2.24) is 0 Å². The lowest BCUT2D eigenvalue weighted by atomic mass is 9.76. The standard InChI is InChI=1S/C16H19NO3/c1-10-7-11-9-16(5-3-4-6-16)15(19)17-13(11)8-12(10)14(18)20-2/h7-8H,3-6,9H2,1-2H3,(H,17,19). The van der Waals surface area contributed by atoms with Gasteiger partial charge in [-0.2, -0.15) is 0 Å². The van der Waals surface area contributed by atoms with Crippen LogP contribution in [0.2, 0.25) is 0 Å². The summed E-state index contributed by atoms with van der Waals surface area (Å²) in [4.78, 5) is 24.1. The zero-order valence-electron chi connectivity index (χ0n) is 11.9. The van der Waals surface area contributed by atoms with Crippen LogP contribution in [0.25, 0.3) is 0 Å². The van der Waals surface area contributed by atoms with E-state index in [-0.39, 0.29) is 17.3 Å². The number of fused-ring (bicyclic) bond motifs is 1. The van der Waals surface area contributed by atoms with Crippen LogP contribution in [-0.4, -0.2) is 19.0 Å². The molecule has 1 saturated carbocycles. The fourth-order valence-electron chi connectivity index (χ4n) is 3.52. The van der Waals surface area contributed by atoms with Crippen LogP contribution in [0, 0.1) is 12.3 Å². The number of aryl methyl sites for hydroxylation is 1. The number of hydrogen-bond donors (Lipinski definition) is 1. The van der Waals surface area contributed by atoms with Crippen molar-refractivity contribution in [3.8, 4) is 0 Å². The molecule has 0 radical (unpaired) electrons. The number of methoxy groups -OCH3 is 1. The Balaban J connectivity index is 2.01. The number of amides is 1. The highest BCUT2D eigenvalue weighted by atomic mass is 16.5. The summed E-state index contributed by atoms with van der Waals surface area (Å²) in [6.45, 7) is 1.91. The molecule has 20 heavy (non-hydrogen) atoms. The van der Waals surface area contributed by atoms with Crippen molar-refractivity contribution >= 4 is 17.6 Å². The molecular weight excluding hydrogens is 254 g/mol. The first-order valence-corrected chi connectivity index (χ1v) is 7.09. The van der Waals surface area contributed by atoms with E-state index in [0.717, 1.165) is 48.9 Å². The van der Waals surface area contributed by atoms with Gasteiger partial charge in [-0.15, -0.1) is 0 Å². The zero-order valence-corrected chi connectivity index (χ0v) is 11.9. The summed E-state index contributed by atoms with van der Waals surface area (Å²) in [7, 11) is 1.37. The third-order valence-corrected chi connectivity index (χ3v) is 4.67. The number of anilines is 1. The predicted octanol–water partition coefficient (Wildman–Crippen LogP) is 2.84. The van der Waals surface area contributed by atoms with Crippen molar-refractivity contribution in [2.75, 3.05) is 12.4 Å². The number of nitrogens with one attached hydrogen (secondary N) is 1. The molecule has 1 amide bonds. The summed E-state index contributed by atoms with van der Waals surface area (Å²) in [5.41, 5.74) is 3.11. The molecule has 4 heteroatoms. The fraction of sp³-hybridized carbons (Fsp3) is 0.500. The van der Waals surface area contributed by atoms with Crippen molar-refractivity contribution < 1.29 is 14.3 Å². The molecule has 1 aliphatic heterocycles. The molecule has 1 aromatic rings. The largest absolute Gasteiger partial charge is 0.465 e. The Hall–Kier alpha value is -1.84. The Kier molecular flexibility index (Phi) is 3.04. The van der Waals surface area contributed by atoms with E-state index in [1.807, 2.05) is 13.0 Å². The second-order valence-corrected chi connectivity index (χ2v) is 5.93. The molecule has 4 nitrogen and oxygen atoms in total. The molecule has 0 saturated heterocycles. The van der Waals surface area contributed by atoms with Gasteiger partial charge in [0.2, 0.25) is 5.91 Å². The second-order valence-electron chi connectivity index (χ2n) is 5.93. The van der Waals surface area contributed by atoms with Crippen molar-refractivity contribution in [1.29, 1.82) is 0 Å². The third-order valence-electron chi connectivity index (χ3n) is 4.67. The molecule has 1 N–H and O–H groups in total. The number of hydrogen-bond acceptors (Lipinski definition) is 3. The first-order valence-electron chi connectivity index (χ1n) is 7.09. The number of ether oxygens (including phenoxy) is 1. The Bertz CT molecular complexity index is 586. The number of benzene rings is 1. The van der Waals surface area contributed by atoms with Crippen LogP contribution in [0.4, 0.5) is 5.69 Å². The second kappa shape index (κ2) is 4.62. The van der Waals surface area contributed by atoms with Crippen LogP contribution in [-0.2, 0) is 16.0 Å². The molecule has 2 aliphatic rings. The van der Waals surface area contributed by atoms with Gasteiger partial charge in [-0.25, -0.2) is 4.79 Å². The van der Waals surface area contributed by atoms with Gasteiger partial charge in [0.25, 0.3) is 0 Å². The highest BCUT2D eigenvalue weighted by Crippen LogP contribution is 2.46. The number of esters is 1. The van der Waals surface area contributed by atoms with E-state index < -0.39 is 0 Å². The maximum absolute atomic E-state index is 12.4. The number of carbonyl (C=O) groups is 2. The molecule has 0 atom stereocenters. The van der Waals surface area contributed by atoms with Gasteiger partial charge in [-0.1, -0.05) is 18.9 Å². The van der Waals surface area contributed by atoms with Crippen LogP contribution in [0.5, 0.6) is 0 Å². The van der Waals surface area contributed by atoms with Gasteiger partial charge in [0.05, 0.1) is 18.1 Å². The van der Waals surface area contributed by atoms with Crippen LogP contribution in [0.15, 0.2) is 12.1 Å². The van der Waals surface area contributed by atoms with Gasteiger partial charge in [-0.3, -0.25) is 4.79 Å². The van der Waals surface area contributed by atoms with E-state index in [4.69, 9.17) is 4.74 Å². The van der Waals surface area contributed by atoms with Crippen LogP contribution >= 0.6 is 0 Å². The molecule has 1 aromatic carbocycles. The Morgan fingerprint density at radius 1 is 1.30 bits per heavy atom. The topological polar surface area (TPSA) is 55.4 Å². The molecule has 1 spiro atoms. The van der Waals surface area contributed by atoms with Gasteiger partial charge >= 0.3 is 5.97 Å². The lowest BCUT2D eigenvalue weighted by molar-refractivity contribution is -0.125. The smallest absolute Gasteiger partial charge is 0.338 e. The molecule has 0 bridgehead atoms. The average Bonchev–Trinajstić information content (AvgIpc) is 2.89. The van der Waals surface area contributed by atoms with Crippen molar-refractivity contribution in [3.05, 3.63) is 28.8 Å². The predicted molar refractivity (Wildman–Crippen MR) is 75.8 cm³/mol.